The van der Waals surface area contributed by atoms with Crippen LogP contribution in [0.3, 0.4) is 0 Å². The molecular weight excluding hydrogens is 398 g/mol. The van der Waals surface area contributed by atoms with Gasteiger partial charge in [0.1, 0.15) is 16.6 Å². The maximum atomic E-state index is 14.1. The second-order valence-corrected chi connectivity index (χ2v) is 7.90. The van der Waals surface area contributed by atoms with Gasteiger partial charge in [-0.05, 0) is 13.0 Å². The van der Waals surface area contributed by atoms with E-state index >= 15 is 0 Å². The zero-order chi connectivity index (χ0) is 20.3. The van der Waals surface area contributed by atoms with Crippen LogP contribution in [0.25, 0.3) is 11.0 Å². The van der Waals surface area contributed by atoms with Gasteiger partial charge in [-0.25, -0.2) is 8.78 Å². The van der Waals surface area contributed by atoms with Crippen LogP contribution in [0.5, 0.6) is 17.2 Å². The molecule has 28 heavy (non-hydrogen) atoms. The molecular formula is C18H18F2O7S. The molecule has 0 spiro atoms. The van der Waals surface area contributed by atoms with Crippen molar-refractivity contribution in [2.75, 3.05) is 20.8 Å². The summed E-state index contributed by atoms with van der Waals surface area (Å²) >= 11 is 0.549. The molecule has 1 aromatic heterocycles. The number of alkyl halides is 2. The zero-order valence-corrected chi connectivity index (χ0v) is 16.1. The summed E-state index contributed by atoms with van der Waals surface area (Å²) in [4.78, 5) is 10.4. The number of aliphatic hydroxyl groups is 1. The Balaban J connectivity index is 2.05. The Kier molecular flexibility index (Phi) is 4.38. The number of ether oxygens (including phenoxy) is 4. The summed E-state index contributed by atoms with van der Waals surface area (Å²) in [7, 11) is 2.70. The highest BCUT2D eigenvalue weighted by atomic mass is 32.2. The Morgan fingerprint density at radius 1 is 1.39 bits per heavy atom. The summed E-state index contributed by atoms with van der Waals surface area (Å²) in [5, 5.41) is 10.7. The molecule has 0 aliphatic carbocycles. The number of carbonyl (C=O) groups excluding carboxylic acids is 1. The predicted octanol–water partition coefficient (Wildman–Crippen LogP) is 3.06. The normalized spacial score (nSPS) is 28.2. The summed E-state index contributed by atoms with van der Waals surface area (Å²) in [5.74, 6) is -0.719. The lowest BCUT2D eigenvalue weighted by molar-refractivity contribution is -0.150. The number of rotatable bonds is 5. The fourth-order valence-corrected chi connectivity index (χ4v) is 5.40. The number of esters is 1. The number of hydrogen-bond acceptors (Lipinski definition) is 8. The predicted molar refractivity (Wildman–Crippen MR) is 95.2 cm³/mol. The van der Waals surface area contributed by atoms with Crippen molar-refractivity contribution in [1.82, 2.24) is 0 Å². The number of carbonyl (C=O) groups is 1. The Labute approximate surface area is 162 Å². The van der Waals surface area contributed by atoms with Crippen molar-refractivity contribution in [2.24, 2.45) is 0 Å². The highest BCUT2D eigenvalue weighted by Gasteiger charge is 2.69. The maximum absolute atomic E-state index is 14.1. The highest BCUT2D eigenvalue weighted by Crippen LogP contribution is 2.66. The van der Waals surface area contributed by atoms with Crippen LogP contribution in [-0.2, 0) is 15.1 Å². The van der Waals surface area contributed by atoms with E-state index in [4.69, 9.17) is 23.4 Å². The van der Waals surface area contributed by atoms with Gasteiger partial charge in [0.15, 0.2) is 11.3 Å². The van der Waals surface area contributed by atoms with Gasteiger partial charge in [0, 0.05) is 6.42 Å². The molecule has 0 radical (unpaired) electrons. The van der Waals surface area contributed by atoms with Crippen LogP contribution < -0.4 is 14.2 Å². The zero-order valence-electron chi connectivity index (χ0n) is 15.3. The number of thioether (sulfide) groups is 1. The first kappa shape index (κ1) is 19.1. The van der Waals surface area contributed by atoms with E-state index in [0.29, 0.717) is 17.1 Å². The van der Waals surface area contributed by atoms with E-state index < -0.39 is 34.6 Å². The van der Waals surface area contributed by atoms with E-state index in [1.165, 1.54) is 20.5 Å². The van der Waals surface area contributed by atoms with E-state index in [0.717, 1.165) is 0 Å². The van der Waals surface area contributed by atoms with Crippen molar-refractivity contribution in [3.05, 3.63) is 17.9 Å². The smallest absolute Gasteiger partial charge is 0.322 e. The quantitative estimate of drug-likeness (QED) is 0.745. The second kappa shape index (κ2) is 6.41. The molecule has 1 aromatic carbocycles. The number of methoxy groups -OCH3 is 2. The van der Waals surface area contributed by atoms with Crippen molar-refractivity contribution in [3.63, 3.8) is 0 Å². The van der Waals surface area contributed by atoms with Crippen LogP contribution in [0.15, 0.2) is 16.7 Å². The highest BCUT2D eigenvalue weighted by molar-refractivity contribution is 8.02. The van der Waals surface area contributed by atoms with E-state index in [1.54, 1.807) is 13.0 Å². The summed E-state index contributed by atoms with van der Waals surface area (Å²) in [6, 6.07) is 1.59. The van der Waals surface area contributed by atoms with Crippen LogP contribution in [0, 0.1) is 0 Å². The minimum Gasteiger partial charge on any atom is -0.495 e. The van der Waals surface area contributed by atoms with Gasteiger partial charge in [-0.1, -0.05) is 11.8 Å². The van der Waals surface area contributed by atoms with Crippen LogP contribution in [0.2, 0.25) is 0 Å². The molecule has 3 heterocycles. The summed E-state index contributed by atoms with van der Waals surface area (Å²) in [5.41, 5.74) is -1.71. The lowest BCUT2D eigenvalue weighted by Gasteiger charge is -2.38. The number of benzene rings is 1. The Morgan fingerprint density at radius 2 is 2.11 bits per heavy atom. The lowest BCUT2D eigenvalue weighted by Crippen LogP contribution is -2.46. The van der Waals surface area contributed by atoms with Crippen molar-refractivity contribution in [2.45, 2.75) is 35.6 Å². The molecule has 2 aliphatic rings. The number of fused-ring (bicyclic) bond motifs is 5. The second-order valence-electron chi connectivity index (χ2n) is 6.50. The SMILES string of the molecule is CCOC(=O)[C@H]1S[C@]2(C(F)F)C[C@]1(O)c1c(c(OC)c3occc3c1OC)O2. The molecule has 1 N–H and O–H groups in total. The molecule has 0 saturated carbocycles. The van der Waals surface area contributed by atoms with E-state index in [-0.39, 0.29) is 35.0 Å². The van der Waals surface area contributed by atoms with Gasteiger partial charge in [0.2, 0.25) is 10.7 Å². The molecule has 2 aliphatic heterocycles. The van der Waals surface area contributed by atoms with E-state index in [1.807, 2.05) is 0 Å². The molecule has 10 heteroatoms. The third-order valence-electron chi connectivity index (χ3n) is 4.99. The first-order valence-electron chi connectivity index (χ1n) is 8.52. The Bertz CT molecular complexity index is 946. The van der Waals surface area contributed by atoms with Crippen molar-refractivity contribution < 1.29 is 42.0 Å². The van der Waals surface area contributed by atoms with Crippen molar-refractivity contribution in [3.8, 4) is 17.2 Å². The molecule has 1 fully saturated rings. The van der Waals surface area contributed by atoms with Gasteiger partial charge in [-0.3, -0.25) is 4.79 Å². The number of furan rings is 1. The molecule has 2 bridgehead atoms. The van der Waals surface area contributed by atoms with Crippen LogP contribution in [-0.4, -0.2) is 48.5 Å². The third kappa shape index (κ3) is 2.33. The maximum Gasteiger partial charge on any atom is 0.322 e. The summed E-state index contributed by atoms with van der Waals surface area (Å²) in [6.07, 6.45) is -2.12. The molecule has 0 amide bonds. The molecule has 3 atom stereocenters. The standard InChI is InChI=1S/C18H18F2O7S/c1-4-25-15(21)14-17(22)7-18(28-14,16(19)20)27-12-9(17)10(23-2)8-5-6-26-11(8)13(12)24-3/h5-6,14,16,22H,4,7H2,1-3H3/t14-,17+,18+/m1/s1. The van der Waals surface area contributed by atoms with Crippen molar-refractivity contribution in [1.29, 1.82) is 0 Å². The average Bonchev–Trinajstić information content (AvgIpc) is 3.22. The average molecular weight is 416 g/mol. The minimum atomic E-state index is -2.99. The van der Waals surface area contributed by atoms with Gasteiger partial charge >= 0.3 is 5.97 Å². The topological polar surface area (TPSA) is 87.4 Å². The summed E-state index contributed by atoms with van der Waals surface area (Å²) < 4.78 is 55.1. The van der Waals surface area contributed by atoms with E-state index in [2.05, 4.69) is 0 Å². The third-order valence-corrected chi connectivity index (χ3v) is 6.62. The largest absolute Gasteiger partial charge is 0.495 e. The monoisotopic (exact) mass is 416 g/mol. The van der Waals surface area contributed by atoms with Gasteiger partial charge in [-0.2, -0.15) is 0 Å². The van der Waals surface area contributed by atoms with Crippen LogP contribution in [0.4, 0.5) is 8.78 Å². The van der Waals surface area contributed by atoms with Gasteiger partial charge < -0.3 is 28.5 Å². The lowest BCUT2D eigenvalue weighted by atomic mass is 9.81. The first-order valence-corrected chi connectivity index (χ1v) is 9.40. The molecule has 1 saturated heterocycles. The van der Waals surface area contributed by atoms with Gasteiger partial charge in [0.25, 0.3) is 6.43 Å². The Morgan fingerprint density at radius 3 is 2.71 bits per heavy atom. The molecule has 152 valence electrons. The fraction of sp³-hybridized carbons (Fsp3) is 0.500. The number of hydrogen-bond donors (Lipinski definition) is 1. The Hall–Kier alpha value is -2.20. The van der Waals surface area contributed by atoms with Crippen molar-refractivity contribution >= 4 is 28.7 Å². The van der Waals surface area contributed by atoms with Gasteiger partial charge in [-0.15, -0.1) is 0 Å². The molecule has 4 rings (SSSR count). The molecule has 0 unspecified atom stereocenters. The summed E-state index contributed by atoms with van der Waals surface area (Å²) in [6.45, 7) is 1.64. The van der Waals surface area contributed by atoms with E-state index in [9.17, 15) is 18.7 Å². The van der Waals surface area contributed by atoms with Gasteiger partial charge in [0.05, 0.1) is 38.0 Å². The first-order chi connectivity index (χ1) is 13.3. The number of halogens is 2. The van der Waals surface area contributed by atoms with Crippen LogP contribution in [0.1, 0.15) is 18.9 Å². The van der Waals surface area contributed by atoms with Crippen LogP contribution >= 0.6 is 11.8 Å². The molecule has 7 nitrogen and oxygen atoms in total. The molecule has 2 aromatic rings. The minimum absolute atomic E-state index is 0.0442. The fourth-order valence-electron chi connectivity index (χ4n) is 3.90.